The third kappa shape index (κ3) is 4.75. The average molecular weight is 438 g/mol. The number of sulfonamides is 1. The number of amides is 1. The SMILES string of the molecule is O=C1NCCCC[C@H]1N(Cc1cccc([N+](=O)[O-])c1)S(=O)(=O)c1ccccc1Cl. The van der Waals surface area contributed by atoms with Gasteiger partial charge in [-0.3, -0.25) is 14.9 Å². The fraction of sp³-hybridized carbons (Fsp3) is 0.316. The zero-order valence-electron chi connectivity index (χ0n) is 15.5. The highest BCUT2D eigenvalue weighted by Gasteiger charge is 2.37. The maximum absolute atomic E-state index is 13.5. The molecule has 1 heterocycles. The van der Waals surface area contributed by atoms with Crippen molar-refractivity contribution in [3.63, 3.8) is 0 Å². The summed E-state index contributed by atoms with van der Waals surface area (Å²) in [4.78, 5) is 23.1. The van der Waals surface area contributed by atoms with Gasteiger partial charge in [-0.15, -0.1) is 0 Å². The van der Waals surface area contributed by atoms with Crippen molar-refractivity contribution in [1.82, 2.24) is 9.62 Å². The largest absolute Gasteiger partial charge is 0.355 e. The molecule has 0 spiro atoms. The van der Waals surface area contributed by atoms with E-state index in [2.05, 4.69) is 5.32 Å². The van der Waals surface area contributed by atoms with Crippen LogP contribution in [0.1, 0.15) is 24.8 Å². The summed E-state index contributed by atoms with van der Waals surface area (Å²) in [5, 5.41) is 13.9. The summed E-state index contributed by atoms with van der Waals surface area (Å²) < 4.78 is 28.0. The van der Waals surface area contributed by atoms with Gasteiger partial charge in [-0.05, 0) is 37.0 Å². The van der Waals surface area contributed by atoms with E-state index >= 15 is 0 Å². The van der Waals surface area contributed by atoms with Crippen LogP contribution in [-0.2, 0) is 21.4 Å². The summed E-state index contributed by atoms with van der Waals surface area (Å²) in [6.45, 7) is 0.291. The van der Waals surface area contributed by atoms with Gasteiger partial charge in [-0.25, -0.2) is 8.42 Å². The first-order valence-electron chi connectivity index (χ1n) is 9.08. The third-order valence-corrected chi connectivity index (χ3v) is 7.09. The topological polar surface area (TPSA) is 110 Å². The van der Waals surface area contributed by atoms with Gasteiger partial charge in [0.05, 0.1) is 9.95 Å². The molecule has 2 aromatic carbocycles. The van der Waals surface area contributed by atoms with Gasteiger partial charge in [0.25, 0.3) is 5.69 Å². The molecule has 1 aliphatic rings. The Balaban J connectivity index is 2.06. The van der Waals surface area contributed by atoms with Gasteiger partial charge in [-0.1, -0.05) is 35.9 Å². The van der Waals surface area contributed by atoms with Gasteiger partial charge in [0, 0.05) is 25.2 Å². The highest BCUT2D eigenvalue weighted by atomic mass is 35.5. The van der Waals surface area contributed by atoms with Crippen molar-refractivity contribution >= 4 is 33.2 Å². The molecule has 10 heteroatoms. The van der Waals surface area contributed by atoms with Gasteiger partial charge < -0.3 is 5.32 Å². The van der Waals surface area contributed by atoms with E-state index in [1.165, 1.54) is 30.3 Å². The standard InChI is InChI=1S/C19H20ClN3O5S/c20-16-8-1-2-10-18(16)29(27,28)22(17-9-3-4-11-21-19(17)24)13-14-6-5-7-15(12-14)23(25)26/h1-2,5-8,10,12,17H,3-4,9,11,13H2,(H,21,24)/t17-/m1/s1. The number of nitrogens with zero attached hydrogens (tertiary/aromatic N) is 2. The Hall–Kier alpha value is -2.49. The van der Waals surface area contributed by atoms with Gasteiger partial charge in [0.15, 0.2) is 0 Å². The fourth-order valence-electron chi connectivity index (χ4n) is 3.29. The van der Waals surface area contributed by atoms with Crippen LogP contribution in [0.2, 0.25) is 5.02 Å². The lowest BCUT2D eigenvalue weighted by atomic mass is 10.1. The van der Waals surface area contributed by atoms with Crippen molar-refractivity contribution in [2.75, 3.05) is 6.54 Å². The highest BCUT2D eigenvalue weighted by Crippen LogP contribution is 2.29. The van der Waals surface area contributed by atoms with E-state index in [1.54, 1.807) is 18.2 Å². The first kappa shape index (κ1) is 21.2. The predicted molar refractivity (Wildman–Crippen MR) is 108 cm³/mol. The van der Waals surface area contributed by atoms with E-state index in [9.17, 15) is 23.3 Å². The molecular weight excluding hydrogens is 418 g/mol. The molecule has 0 aromatic heterocycles. The molecule has 0 unspecified atom stereocenters. The van der Waals surface area contributed by atoms with Gasteiger partial charge in [0.1, 0.15) is 10.9 Å². The Labute approximate surface area is 173 Å². The lowest BCUT2D eigenvalue weighted by Gasteiger charge is -2.29. The highest BCUT2D eigenvalue weighted by molar-refractivity contribution is 7.89. The van der Waals surface area contributed by atoms with Crippen LogP contribution in [0.3, 0.4) is 0 Å². The summed E-state index contributed by atoms with van der Waals surface area (Å²) in [5.74, 6) is -0.386. The van der Waals surface area contributed by atoms with E-state index in [1.807, 2.05) is 0 Å². The summed E-state index contributed by atoms with van der Waals surface area (Å²) in [7, 11) is -4.14. The van der Waals surface area contributed by atoms with Crippen LogP contribution in [-0.4, -0.2) is 36.1 Å². The van der Waals surface area contributed by atoms with Crippen LogP contribution in [0, 0.1) is 10.1 Å². The molecule has 1 atom stereocenters. The number of nitro groups is 1. The second-order valence-electron chi connectivity index (χ2n) is 6.71. The number of halogens is 1. The molecule has 29 heavy (non-hydrogen) atoms. The molecule has 2 aromatic rings. The van der Waals surface area contributed by atoms with Crippen LogP contribution in [0.4, 0.5) is 5.69 Å². The first-order chi connectivity index (χ1) is 13.8. The lowest BCUT2D eigenvalue weighted by molar-refractivity contribution is -0.384. The summed E-state index contributed by atoms with van der Waals surface area (Å²) in [5.41, 5.74) is 0.259. The molecule has 1 aliphatic heterocycles. The summed E-state index contributed by atoms with van der Waals surface area (Å²) >= 11 is 6.13. The van der Waals surface area contributed by atoms with E-state index < -0.39 is 21.0 Å². The Morgan fingerprint density at radius 1 is 1.17 bits per heavy atom. The minimum Gasteiger partial charge on any atom is -0.355 e. The maximum Gasteiger partial charge on any atom is 0.269 e. The molecule has 1 amide bonds. The first-order valence-corrected chi connectivity index (χ1v) is 10.9. The van der Waals surface area contributed by atoms with Crippen LogP contribution < -0.4 is 5.32 Å². The Morgan fingerprint density at radius 3 is 2.66 bits per heavy atom. The normalized spacial score (nSPS) is 17.6. The zero-order chi connectivity index (χ0) is 21.0. The van der Waals surface area contributed by atoms with Crippen molar-refractivity contribution in [2.24, 2.45) is 0 Å². The number of benzene rings is 2. The molecule has 3 rings (SSSR count). The van der Waals surface area contributed by atoms with Gasteiger partial charge in [0.2, 0.25) is 15.9 Å². The number of carbonyl (C=O) groups excluding carboxylic acids is 1. The average Bonchev–Trinajstić information content (AvgIpc) is 2.90. The Morgan fingerprint density at radius 2 is 1.93 bits per heavy atom. The molecule has 0 saturated carbocycles. The quantitative estimate of drug-likeness (QED) is 0.551. The summed E-state index contributed by atoms with van der Waals surface area (Å²) in [6, 6.07) is 10.8. The number of hydrogen-bond acceptors (Lipinski definition) is 5. The van der Waals surface area contributed by atoms with Crippen LogP contribution in [0.5, 0.6) is 0 Å². The summed E-state index contributed by atoms with van der Waals surface area (Å²) in [6.07, 6.45) is 1.77. The molecule has 0 bridgehead atoms. The van der Waals surface area contributed by atoms with E-state index in [-0.39, 0.29) is 28.1 Å². The molecule has 1 saturated heterocycles. The number of nitro benzene ring substituents is 1. The smallest absolute Gasteiger partial charge is 0.269 e. The third-order valence-electron chi connectivity index (χ3n) is 4.74. The number of nitrogens with one attached hydrogen (secondary N) is 1. The fourth-order valence-corrected chi connectivity index (χ4v) is 5.39. The molecule has 0 aliphatic carbocycles. The van der Waals surface area contributed by atoms with Gasteiger partial charge in [-0.2, -0.15) is 4.31 Å². The van der Waals surface area contributed by atoms with E-state index in [0.717, 1.165) is 10.7 Å². The second-order valence-corrected chi connectivity index (χ2v) is 8.98. The van der Waals surface area contributed by atoms with Crippen LogP contribution >= 0.6 is 11.6 Å². The van der Waals surface area contributed by atoms with Gasteiger partial charge >= 0.3 is 0 Å². The van der Waals surface area contributed by atoms with Crippen molar-refractivity contribution in [1.29, 1.82) is 0 Å². The monoisotopic (exact) mass is 437 g/mol. The molecule has 154 valence electrons. The lowest BCUT2D eigenvalue weighted by Crippen LogP contribution is -2.48. The molecule has 8 nitrogen and oxygen atoms in total. The van der Waals surface area contributed by atoms with Crippen LogP contribution in [0.15, 0.2) is 53.4 Å². The Bertz CT molecular complexity index is 1030. The van der Waals surface area contributed by atoms with E-state index in [0.29, 0.717) is 24.9 Å². The number of non-ortho nitro benzene ring substituents is 1. The molecule has 0 radical (unpaired) electrons. The zero-order valence-corrected chi connectivity index (χ0v) is 17.0. The Kier molecular flexibility index (Phi) is 6.51. The van der Waals surface area contributed by atoms with Crippen molar-refractivity contribution in [3.8, 4) is 0 Å². The minimum absolute atomic E-state index is 0.0468. The second kappa shape index (κ2) is 8.89. The molecule has 1 fully saturated rings. The van der Waals surface area contributed by atoms with Crippen LogP contribution in [0.25, 0.3) is 0 Å². The van der Waals surface area contributed by atoms with Crippen molar-refractivity contribution in [2.45, 2.75) is 36.7 Å². The minimum atomic E-state index is -4.14. The van der Waals surface area contributed by atoms with Crippen molar-refractivity contribution in [3.05, 3.63) is 69.2 Å². The number of carbonyl (C=O) groups is 1. The number of rotatable bonds is 6. The maximum atomic E-state index is 13.5. The van der Waals surface area contributed by atoms with Crippen molar-refractivity contribution < 1.29 is 18.1 Å². The predicted octanol–water partition coefficient (Wildman–Crippen LogP) is 3.11. The molecule has 1 N–H and O–H groups in total. The molecular formula is C19H20ClN3O5S. The number of hydrogen-bond donors (Lipinski definition) is 1. The van der Waals surface area contributed by atoms with E-state index in [4.69, 9.17) is 11.6 Å².